The Kier molecular flexibility index (Phi) is 2.04. The summed E-state index contributed by atoms with van der Waals surface area (Å²) in [5, 5.41) is 3.14. The third-order valence-electron chi connectivity index (χ3n) is 2.63. The highest BCUT2D eigenvalue weighted by Crippen LogP contribution is 2.39. The van der Waals surface area contributed by atoms with Gasteiger partial charge in [0.1, 0.15) is 0 Å². The number of aromatic nitrogens is 1. The SMILES string of the molecule is CN(C)c1nc(C2(N)CCC2)cs1. The molecule has 1 aromatic rings. The van der Waals surface area contributed by atoms with E-state index in [0.29, 0.717) is 0 Å². The number of anilines is 1. The van der Waals surface area contributed by atoms with E-state index in [-0.39, 0.29) is 5.54 Å². The molecule has 1 aliphatic carbocycles. The van der Waals surface area contributed by atoms with E-state index in [9.17, 15) is 0 Å². The van der Waals surface area contributed by atoms with Crippen molar-refractivity contribution in [3.05, 3.63) is 11.1 Å². The molecule has 0 bridgehead atoms. The van der Waals surface area contributed by atoms with Crippen LogP contribution in [0.2, 0.25) is 0 Å². The molecule has 1 aliphatic rings. The third kappa shape index (κ3) is 1.44. The summed E-state index contributed by atoms with van der Waals surface area (Å²) in [5.74, 6) is 0. The number of nitrogens with two attached hydrogens (primary N) is 1. The van der Waals surface area contributed by atoms with Gasteiger partial charge in [-0.15, -0.1) is 11.3 Å². The first kappa shape index (κ1) is 8.97. The van der Waals surface area contributed by atoms with Crippen LogP contribution in [0, 0.1) is 0 Å². The van der Waals surface area contributed by atoms with Crippen LogP contribution in [-0.4, -0.2) is 19.1 Å². The maximum atomic E-state index is 6.16. The van der Waals surface area contributed by atoms with Crippen molar-refractivity contribution in [1.29, 1.82) is 0 Å². The quantitative estimate of drug-likeness (QED) is 0.782. The van der Waals surface area contributed by atoms with Crippen molar-refractivity contribution in [3.8, 4) is 0 Å². The number of hydrogen-bond acceptors (Lipinski definition) is 4. The van der Waals surface area contributed by atoms with Crippen LogP contribution in [0.25, 0.3) is 0 Å². The number of nitrogens with zero attached hydrogens (tertiary/aromatic N) is 2. The van der Waals surface area contributed by atoms with E-state index in [2.05, 4.69) is 10.4 Å². The minimum atomic E-state index is -0.106. The maximum Gasteiger partial charge on any atom is 0.185 e. The Morgan fingerprint density at radius 1 is 1.54 bits per heavy atom. The average molecular weight is 197 g/mol. The summed E-state index contributed by atoms with van der Waals surface area (Å²) >= 11 is 1.67. The zero-order valence-corrected chi connectivity index (χ0v) is 8.90. The molecule has 0 spiro atoms. The molecule has 1 heterocycles. The molecule has 0 aromatic carbocycles. The van der Waals surface area contributed by atoms with Gasteiger partial charge in [0.05, 0.1) is 11.2 Å². The Hall–Kier alpha value is -0.610. The molecule has 0 amide bonds. The summed E-state index contributed by atoms with van der Waals surface area (Å²) in [6, 6.07) is 0. The highest BCUT2D eigenvalue weighted by atomic mass is 32.1. The lowest BCUT2D eigenvalue weighted by Gasteiger charge is -2.36. The van der Waals surface area contributed by atoms with Gasteiger partial charge < -0.3 is 10.6 Å². The minimum absolute atomic E-state index is 0.106. The van der Waals surface area contributed by atoms with Crippen LogP contribution >= 0.6 is 11.3 Å². The van der Waals surface area contributed by atoms with Gasteiger partial charge in [0, 0.05) is 19.5 Å². The number of hydrogen-bond donors (Lipinski definition) is 1. The van der Waals surface area contributed by atoms with Crippen molar-refractivity contribution in [2.24, 2.45) is 5.73 Å². The third-order valence-corrected chi connectivity index (χ3v) is 3.64. The highest BCUT2D eigenvalue weighted by Gasteiger charge is 2.36. The molecule has 2 N–H and O–H groups in total. The van der Waals surface area contributed by atoms with E-state index in [1.807, 2.05) is 19.0 Å². The van der Waals surface area contributed by atoms with Gasteiger partial charge in [0.2, 0.25) is 0 Å². The summed E-state index contributed by atoms with van der Waals surface area (Å²) < 4.78 is 0. The first-order chi connectivity index (χ1) is 6.12. The summed E-state index contributed by atoms with van der Waals surface area (Å²) in [7, 11) is 4.01. The van der Waals surface area contributed by atoms with Crippen LogP contribution in [0.15, 0.2) is 5.38 Å². The number of rotatable bonds is 2. The molecule has 2 rings (SSSR count). The zero-order valence-electron chi connectivity index (χ0n) is 8.08. The topological polar surface area (TPSA) is 42.2 Å². The summed E-state index contributed by atoms with van der Waals surface area (Å²) in [6.07, 6.45) is 3.42. The van der Waals surface area contributed by atoms with Crippen LogP contribution in [0.3, 0.4) is 0 Å². The largest absolute Gasteiger partial charge is 0.354 e. The lowest BCUT2D eigenvalue weighted by molar-refractivity contribution is 0.247. The predicted molar refractivity (Wildman–Crippen MR) is 56.2 cm³/mol. The molecule has 0 radical (unpaired) electrons. The molecule has 1 aromatic heterocycles. The Labute approximate surface area is 82.6 Å². The van der Waals surface area contributed by atoms with E-state index < -0.39 is 0 Å². The molecule has 13 heavy (non-hydrogen) atoms. The van der Waals surface area contributed by atoms with E-state index in [1.54, 1.807) is 11.3 Å². The normalized spacial score (nSPS) is 19.6. The monoisotopic (exact) mass is 197 g/mol. The van der Waals surface area contributed by atoms with Crippen LogP contribution in [0.4, 0.5) is 5.13 Å². The highest BCUT2D eigenvalue weighted by molar-refractivity contribution is 7.13. The fourth-order valence-corrected chi connectivity index (χ4v) is 2.38. The second kappa shape index (κ2) is 2.96. The van der Waals surface area contributed by atoms with Crippen LogP contribution in [0.5, 0.6) is 0 Å². The maximum absolute atomic E-state index is 6.16. The van der Waals surface area contributed by atoms with E-state index in [4.69, 9.17) is 5.73 Å². The minimum Gasteiger partial charge on any atom is -0.354 e. The van der Waals surface area contributed by atoms with Gasteiger partial charge in [0.25, 0.3) is 0 Å². The Morgan fingerprint density at radius 2 is 2.23 bits per heavy atom. The smallest absolute Gasteiger partial charge is 0.185 e. The molecule has 72 valence electrons. The van der Waals surface area contributed by atoms with Crippen molar-refractivity contribution in [2.75, 3.05) is 19.0 Å². The molecule has 1 fully saturated rings. The average Bonchev–Trinajstić information content (AvgIpc) is 2.48. The first-order valence-electron chi connectivity index (χ1n) is 4.54. The van der Waals surface area contributed by atoms with E-state index in [1.165, 1.54) is 6.42 Å². The van der Waals surface area contributed by atoms with Gasteiger partial charge >= 0.3 is 0 Å². The Balaban J connectivity index is 2.22. The first-order valence-corrected chi connectivity index (χ1v) is 5.42. The molecular weight excluding hydrogens is 182 g/mol. The fourth-order valence-electron chi connectivity index (χ4n) is 1.51. The van der Waals surface area contributed by atoms with Crippen LogP contribution in [-0.2, 0) is 5.54 Å². The Bertz CT molecular complexity index is 302. The molecule has 3 nitrogen and oxygen atoms in total. The second-order valence-electron chi connectivity index (χ2n) is 3.92. The fraction of sp³-hybridized carbons (Fsp3) is 0.667. The molecule has 0 atom stereocenters. The number of thiazole rings is 1. The van der Waals surface area contributed by atoms with Gasteiger partial charge in [-0.05, 0) is 19.3 Å². The molecule has 0 saturated heterocycles. The van der Waals surface area contributed by atoms with E-state index in [0.717, 1.165) is 23.7 Å². The lowest BCUT2D eigenvalue weighted by Crippen LogP contribution is -2.43. The molecule has 1 saturated carbocycles. The van der Waals surface area contributed by atoms with Gasteiger partial charge in [-0.25, -0.2) is 4.98 Å². The summed E-state index contributed by atoms with van der Waals surface area (Å²) in [6.45, 7) is 0. The van der Waals surface area contributed by atoms with Gasteiger partial charge in [-0.2, -0.15) is 0 Å². The predicted octanol–water partition coefficient (Wildman–Crippen LogP) is 1.55. The lowest BCUT2D eigenvalue weighted by atomic mass is 9.76. The van der Waals surface area contributed by atoms with E-state index >= 15 is 0 Å². The molecule has 4 heteroatoms. The van der Waals surface area contributed by atoms with Crippen molar-refractivity contribution in [1.82, 2.24) is 4.98 Å². The summed E-state index contributed by atoms with van der Waals surface area (Å²) in [4.78, 5) is 6.55. The Morgan fingerprint density at radius 3 is 2.62 bits per heavy atom. The molecular formula is C9H15N3S. The van der Waals surface area contributed by atoms with Gasteiger partial charge in [-0.3, -0.25) is 0 Å². The standard InChI is InChI=1S/C9H15N3S/c1-12(2)8-11-7(6-13-8)9(10)4-3-5-9/h6H,3-5,10H2,1-2H3. The zero-order chi connectivity index (χ0) is 9.47. The van der Waals surface area contributed by atoms with Crippen LogP contribution in [0.1, 0.15) is 25.0 Å². The van der Waals surface area contributed by atoms with Crippen molar-refractivity contribution < 1.29 is 0 Å². The van der Waals surface area contributed by atoms with Crippen molar-refractivity contribution in [2.45, 2.75) is 24.8 Å². The van der Waals surface area contributed by atoms with Gasteiger partial charge in [-0.1, -0.05) is 0 Å². The molecule has 0 aliphatic heterocycles. The van der Waals surface area contributed by atoms with Crippen molar-refractivity contribution in [3.63, 3.8) is 0 Å². The second-order valence-corrected chi connectivity index (χ2v) is 4.76. The van der Waals surface area contributed by atoms with Gasteiger partial charge in [0.15, 0.2) is 5.13 Å². The molecule has 0 unspecified atom stereocenters. The summed E-state index contributed by atoms with van der Waals surface area (Å²) in [5.41, 5.74) is 7.13. The van der Waals surface area contributed by atoms with Crippen LogP contribution < -0.4 is 10.6 Å². The van der Waals surface area contributed by atoms with Crippen molar-refractivity contribution >= 4 is 16.5 Å².